The average Bonchev–Trinajstić information content (AvgIpc) is 2.79. The number of anilines is 1. The van der Waals surface area contributed by atoms with Gasteiger partial charge >= 0.3 is 0 Å². The van der Waals surface area contributed by atoms with Crippen LogP contribution in [0, 0.1) is 5.92 Å². The summed E-state index contributed by atoms with van der Waals surface area (Å²) in [5.41, 5.74) is 8.10. The Morgan fingerprint density at radius 2 is 2.00 bits per heavy atom. The highest BCUT2D eigenvalue weighted by Gasteiger charge is 2.16. The number of para-hydroxylation sites is 1. The van der Waals surface area contributed by atoms with E-state index in [1.807, 2.05) is 12.1 Å². The summed E-state index contributed by atoms with van der Waals surface area (Å²) in [6, 6.07) is 6.40. The lowest BCUT2D eigenvalue weighted by atomic mass is 10.0. The Morgan fingerprint density at radius 1 is 1.24 bits per heavy atom. The standard InChI is InChI=1S/C17H27N3O/c1-5-11-21-15-8-6-7-14-16(15)19-17(18)20(14)13(4)10-9-12(2)3/h6-8,12-13H,5,9-11H2,1-4H3,(H2,18,19). The van der Waals surface area contributed by atoms with E-state index in [0.717, 1.165) is 29.6 Å². The average molecular weight is 289 g/mol. The molecular formula is C17H27N3O. The van der Waals surface area contributed by atoms with E-state index in [-0.39, 0.29) is 0 Å². The molecule has 1 aromatic carbocycles. The normalized spacial score (nSPS) is 13.0. The summed E-state index contributed by atoms with van der Waals surface area (Å²) in [7, 11) is 0. The molecule has 116 valence electrons. The number of ether oxygens (including phenoxy) is 1. The fourth-order valence-electron chi connectivity index (χ4n) is 2.60. The zero-order valence-electron chi connectivity index (χ0n) is 13.6. The van der Waals surface area contributed by atoms with Gasteiger partial charge in [-0.15, -0.1) is 0 Å². The van der Waals surface area contributed by atoms with Crippen LogP contribution < -0.4 is 10.5 Å². The second kappa shape index (κ2) is 6.83. The maximum atomic E-state index is 6.15. The van der Waals surface area contributed by atoms with E-state index >= 15 is 0 Å². The molecule has 0 spiro atoms. The van der Waals surface area contributed by atoms with Crippen LogP contribution in [0.15, 0.2) is 18.2 Å². The zero-order valence-corrected chi connectivity index (χ0v) is 13.6. The first-order valence-corrected chi connectivity index (χ1v) is 7.93. The Bertz CT molecular complexity index is 589. The molecule has 2 aromatic rings. The van der Waals surface area contributed by atoms with Crippen LogP contribution in [0.3, 0.4) is 0 Å². The number of nitrogen functional groups attached to an aromatic ring is 1. The quantitative estimate of drug-likeness (QED) is 0.821. The van der Waals surface area contributed by atoms with Crippen molar-refractivity contribution in [3.63, 3.8) is 0 Å². The second-order valence-electron chi connectivity index (χ2n) is 6.13. The summed E-state index contributed by atoms with van der Waals surface area (Å²) >= 11 is 0. The number of nitrogens with zero attached hydrogens (tertiary/aromatic N) is 2. The lowest BCUT2D eigenvalue weighted by Gasteiger charge is -2.17. The van der Waals surface area contributed by atoms with Gasteiger partial charge in [0.05, 0.1) is 12.1 Å². The van der Waals surface area contributed by atoms with Gasteiger partial charge in [0, 0.05) is 6.04 Å². The summed E-state index contributed by atoms with van der Waals surface area (Å²) in [5.74, 6) is 2.11. The molecule has 1 atom stereocenters. The molecule has 1 aromatic heterocycles. The highest BCUT2D eigenvalue weighted by Crippen LogP contribution is 2.31. The van der Waals surface area contributed by atoms with Crippen LogP contribution in [-0.2, 0) is 0 Å². The predicted octanol–water partition coefficient (Wildman–Crippen LogP) is 4.40. The number of hydrogen-bond donors (Lipinski definition) is 1. The van der Waals surface area contributed by atoms with Gasteiger partial charge in [-0.25, -0.2) is 4.98 Å². The summed E-state index contributed by atoms with van der Waals surface area (Å²) in [4.78, 5) is 4.53. The van der Waals surface area contributed by atoms with Crippen molar-refractivity contribution in [2.45, 2.75) is 53.0 Å². The van der Waals surface area contributed by atoms with Crippen LogP contribution in [0.1, 0.15) is 53.0 Å². The number of benzene rings is 1. The molecule has 0 aliphatic carbocycles. The van der Waals surface area contributed by atoms with E-state index in [0.29, 0.717) is 24.5 Å². The van der Waals surface area contributed by atoms with Gasteiger partial charge in [0.25, 0.3) is 0 Å². The van der Waals surface area contributed by atoms with Crippen LogP contribution in [0.5, 0.6) is 5.75 Å². The van der Waals surface area contributed by atoms with Gasteiger partial charge in [-0.05, 0) is 44.2 Å². The molecule has 0 amide bonds. The molecule has 1 heterocycles. The van der Waals surface area contributed by atoms with E-state index < -0.39 is 0 Å². The Labute approximate surface area is 127 Å². The van der Waals surface area contributed by atoms with E-state index in [1.54, 1.807) is 0 Å². The molecule has 21 heavy (non-hydrogen) atoms. The van der Waals surface area contributed by atoms with E-state index in [9.17, 15) is 0 Å². The molecule has 2 rings (SSSR count). The van der Waals surface area contributed by atoms with Crippen LogP contribution in [0.4, 0.5) is 5.95 Å². The first-order valence-electron chi connectivity index (χ1n) is 7.93. The maximum Gasteiger partial charge on any atom is 0.201 e. The number of fused-ring (bicyclic) bond motifs is 1. The minimum Gasteiger partial charge on any atom is -0.491 e. The minimum atomic E-state index is 0.346. The van der Waals surface area contributed by atoms with Gasteiger partial charge in [-0.1, -0.05) is 26.8 Å². The van der Waals surface area contributed by atoms with Crippen LogP contribution >= 0.6 is 0 Å². The third-order valence-corrected chi connectivity index (χ3v) is 3.77. The first-order chi connectivity index (χ1) is 10.0. The lowest BCUT2D eigenvalue weighted by Crippen LogP contribution is -2.09. The van der Waals surface area contributed by atoms with Crippen molar-refractivity contribution in [3.8, 4) is 5.75 Å². The highest BCUT2D eigenvalue weighted by molar-refractivity contribution is 5.84. The Morgan fingerprint density at radius 3 is 2.67 bits per heavy atom. The summed E-state index contributed by atoms with van der Waals surface area (Å²) in [6.45, 7) is 9.51. The molecule has 0 saturated carbocycles. The number of nitrogens with two attached hydrogens (primary N) is 1. The Kier molecular flexibility index (Phi) is 5.10. The largest absolute Gasteiger partial charge is 0.491 e. The number of hydrogen-bond acceptors (Lipinski definition) is 3. The topological polar surface area (TPSA) is 53.1 Å². The van der Waals surface area contributed by atoms with Gasteiger partial charge in [0.2, 0.25) is 5.95 Å². The van der Waals surface area contributed by atoms with Crippen molar-refractivity contribution in [2.75, 3.05) is 12.3 Å². The molecule has 4 heteroatoms. The molecule has 0 saturated heterocycles. The first kappa shape index (κ1) is 15.7. The second-order valence-corrected chi connectivity index (χ2v) is 6.13. The molecular weight excluding hydrogens is 262 g/mol. The van der Waals surface area contributed by atoms with Crippen LogP contribution in [0.25, 0.3) is 11.0 Å². The third kappa shape index (κ3) is 3.49. The molecule has 1 unspecified atom stereocenters. The minimum absolute atomic E-state index is 0.346. The third-order valence-electron chi connectivity index (χ3n) is 3.77. The maximum absolute atomic E-state index is 6.15. The highest BCUT2D eigenvalue weighted by atomic mass is 16.5. The number of imidazole rings is 1. The van der Waals surface area contributed by atoms with Gasteiger partial charge in [0.15, 0.2) is 0 Å². The van der Waals surface area contributed by atoms with Crippen molar-refractivity contribution >= 4 is 17.0 Å². The lowest BCUT2D eigenvalue weighted by molar-refractivity contribution is 0.320. The molecule has 0 aliphatic heterocycles. The molecule has 4 nitrogen and oxygen atoms in total. The summed E-state index contributed by atoms with van der Waals surface area (Å²) in [5, 5.41) is 0. The molecule has 0 bridgehead atoms. The van der Waals surface area contributed by atoms with Gasteiger partial charge < -0.3 is 15.0 Å². The Balaban J connectivity index is 2.34. The molecule has 0 aliphatic rings. The van der Waals surface area contributed by atoms with Gasteiger partial charge in [-0.2, -0.15) is 0 Å². The molecule has 0 radical (unpaired) electrons. The van der Waals surface area contributed by atoms with Crippen molar-refractivity contribution in [2.24, 2.45) is 5.92 Å². The number of rotatable bonds is 7. The predicted molar refractivity (Wildman–Crippen MR) is 88.7 cm³/mol. The molecule has 0 fully saturated rings. The van der Waals surface area contributed by atoms with E-state index in [4.69, 9.17) is 10.5 Å². The van der Waals surface area contributed by atoms with Gasteiger partial charge in [-0.3, -0.25) is 0 Å². The zero-order chi connectivity index (χ0) is 15.4. The van der Waals surface area contributed by atoms with Crippen LogP contribution in [-0.4, -0.2) is 16.2 Å². The monoisotopic (exact) mass is 289 g/mol. The Hall–Kier alpha value is -1.71. The van der Waals surface area contributed by atoms with Crippen molar-refractivity contribution in [1.82, 2.24) is 9.55 Å². The fraction of sp³-hybridized carbons (Fsp3) is 0.588. The van der Waals surface area contributed by atoms with Crippen molar-refractivity contribution in [3.05, 3.63) is 18.2 Å². The number of aromatic nitrogens is 2. The van der Waals surface area contributed by atoms with Gasteiger partial charge in [0.1, 0.15) is 11.3 Å². The van der Waals surface area contributed by atoms with Crippen molar-refractivity contribution < 1.29 is 4.74 Å². The molecule has 2 N–H and O–H groups in total. The SMILES string of the molecule is CCCOc1cccc2c1nc(N)n2C(C)CCC(C)C. The van der Waals surface area contributed by atoms with Crippen LogP contribution in [0.2, 0.25) is 0 Å². The summed E-state index contributed by atoms with van der Waals surface area (Å²) < 4.78 is 7.92. The van der Waals surface area contributed by atoms with E-state index in [2.05, 4.69) is 43.3 Å². The van der Waals surface area contributed by atoms with E-state index in [1.165, 1.54) is 6.42 Å². The summed E-state index contributed by atoms with van der Waals surface area (Å²) in [6.07, 6.45) is 3.27. The van der Waals surface area contributed by atoms with Crippen molar-refractivity contribution in [1.29, 1.82) is 0 Å². The smallest absolute Gasteiger partial charge is 0.201 e. The fourth-order valence-corrected chi connectivity index (χ4v) is 2.60.